The van der Waals surface area contributed by atoms with Gasteiger partial charge in [0.2, 0.25) is 0 Å². The van der Waals surface area contributed by atoms with E-state index in [2.05, 4.69) is 17.1 Å². The van der Waals surface area contributed by atoms with E-state index in [0.717, 1.165) is 11.4 Å². The topological polar surface area (TPSA) is 70.3 Å². The van der Waals surface area contributed by atoms with Gasteiger partial charge in [0.25, 0.3) is 5.19 Å². The zero-order chi connectivity index (χ0) is 12.8. The van der Waals surface area contributed by atoms with Gasteiger partial charge >= 0.3 is 0 Å². The summed E-state index contributed by atoms with van der Waals surface area (Å²) in [6, 6.07) is 7.51. The van der Waals surface area contributed by atoms with Crippen LogP contribution in [0.4, 0.5) is 0 Å². The number of rotatable bonds is 6. The average Bonchev–Trinajstić information content (AvgIpc) is 2.85. The van der Waals surface area contributed by atoms with E-state index in [4.69, 9.17) is 15.2 Å². The molecule has 0 amide bonds. The molecule has 0 atom stereocenters. The van der Waals surface area contributed by atoms with Crippen LogP contribution in [0.25, 0.3) is 0 Å². The molecule has 2 aromatic rings. The van der Waals surface area contributed by atoms with Crippen molar-refractivity contribution >= 4 is 11.3 Å². The standard InChI is InChI=1S/C12H15N3O2S/c1-2-7-16-9-5-3-4-6-10(9)17-12-15-14-11(8-13)18-12/h3-6H,2,7-8,13H2,1H3. The van der Waals surface area contributed by atoms with Gasteiger partial charge in [0.1, 0.15) is 5.01 Å². The van der Waals surface area contributed by atoms with Gasteiger partial charge in [-0.05, 0) is 18.6 Å². The van der Waals surface area contributed by atoms with Gasteiger partial charge < -0.3 is 15.2 Å². The summed E-state index contributed by atoms with van der Waals surface area (Å²) in [6.45, 7) is 3.08. The van der Waals surface area contributed by atoms with Gasteiger partial charge in [-0.25, -0.2) is 0 Å². The second kappa shape index (κ2) is 6.32. The summed E-state index contributed by atoms with van der Waals surface area (Å²) in [5.41, 5.74) is 5.48. The average molecular weight is 265 g/mol. The predicted molar refractivity (Wildman–Crippen MR) is 70.1 cm³/mol. The molecule has 0 unspecified atom stereocenters. The third kappa shape index (κ3) is 3.18. The molecule has 0 aliphatic carbocycles. The van der Waals surface area contributed by atoms with Crippen molar-refractivity contribution in [1.82, 2.24) is 10.2 Å². The van der Waals surface area contributed by atoms with Crippen LogP contribution in [-0.4, -0.2) is 16.8 Å². The first-order chi connectivity index (χ1) is 8.83. The highest BCUT2D eigenvalue weighted by Gasteiger charge is 2.09. The van der Waals surface area contributed by atoms with Gasteiger partial charge in [0, 0.05) is 6.54 Å². The van der Waals surface area contributed by atoms with Crippen molar-refractivity contribution < 1.29 is 9.47 Å². The van der Waals surface area contributed by atoms with Crippen molar-refractivity contribution in [3.05, 3.63) is 29.3 Å². The summed E-state index contributed by atoms with van der Waals surface area (Å²) < 4.78 is 11.3. The Hall–Kier alpha value is -1.66. The molecule has 2 rings (SSSR count). The summed E-state index contributed by atoms with van der Waals surface area (Å²) in [5.74, 6) is 1.36. The Morgan fingerprint density at radius 2 is 2.00 bits per heavy atom. The molecular weight excluding hydrogens is 250 g/mol. The molecule has 0 aliphatic rings. The van der Waals surface area contributed by atoms with Crippen molar-refractivity contribution in [3.63, 3.8) is 0 Å². The number of benzene rings is 1. The normalized spacial score (nSPS) is 10.3. The Balaban J connectivity index is 2.12. The van der Waals surface area contributed by atoms with Crippen molar-refractivity contribution in [2.45, 2.75) is 19.9 Å². The quantitative estimate of drug-likeness (QED) is 0.869. The molecule has 1 heterocycles. The van der Waals surface area contributed by atoms with E-state index >= 15 is 0 Å². The summed E-state index contributed by atoms with van der Waals surface area (Å²) >= 11 is 1.34. The minimum absolute atomic E-state index is 0.370. The van der Waals surface area contributed by atoms with E-state index in [1.165, 1.54) is 11.3 Å². The molecule has 0 radical (unpaired) electrons. The molecule has 0 fully saturated rings. The summed E-state index contributed by atoms with van der Waals surface area (Å²) in [4.78, 5) is 0. The lowest BCUT2D eigenvalue weighted by Gasteiger charge is -2.09. The summed E-state index contributed by atoms with van der Waals surface area (Å²) in [5, 5.41) is 9.04. The SMILES string of the molecule is CCCOc1ccccc1Oc1nnc(CN)s1. The van der Waals surface area contributed by atoms with Crippen LogP contribution in [0.5, 0.6) is 16.7 Å². The molecule has 0 saturated heterocycles. The lowest BCUT2D eigenvalue weighted by atomic mass is 10.3. The Morgan fingerprint density at radius 3 is 2.67 bits per heavy atom. The lowest BCUT2D eigenvalue weighted by molar-refractivity contribution is 0.301. The van der Waals surface area contributed by atoms with Crippen LogP contribution >= 0.6 is 11.3 Å². The number of nitrogens with two attached hydrogens (primary N) is 1. The summed E-state index contributed by atoms with van der Waals surface area (Å²) in [6.07, 6.45) is 0.949. The summed E-state index contributed by atoms with van der Waals surface area (Å²) in [7, 11) is 0. The van der Waals surface area contributed by atoms with Gasteiger partial charge in [-0.3, -0.25) is 0 Å². The van der Waals surface area contributed by atoms with Crippen LogP contribution in [0.2, 0.25) is 0 Å². The molecular formula is C12H15N3O2S. The minimum atomic E-state index is 0.370. The molecule has 1 aromatic carbocycles. The first-order valence-electron chi connectivity index (χ1n) is 5.75. The lowest BCUT2D eigenvalue weighted by Crippen LogP contribution is -1.97. The molecule has 6 heteroatoms. The molecule has 0 aliphatic heterocycles. The zero-order valence-corrected chi connectivity index (χ0v) is 10.9. The van der Waals surface area contributed by atoms with E-state index in [1.807, 2.05) is 24.3 Å². The van der Waals surface area contributed by atoms with Crippen LogP contribution in [0.15, 0.2) is 24.3 Å². The first kappa shape index (κ1) is 12.8. The smallest absolute Gasteiger partial charge is 0.299 e. The third-order valence-electron chi connectivity index (χ3n) is 2.13. The van der Waals surface area contributed by atoms with Gasteiger partial charge in [-0.2, -0.15) is 0 Å². The van der Waals surface area contributed by atoms with Crippen molar-refractivity contribution in [2.75, 3.05) is 6.61 Å². The second-order valence-electron chi connectivity index (χ2n) is 3.56. The zero-order valence-electron chi connectivity index (χ0n) is 10.1. The highest BCUT2D eigenvalue weighted by atomic mass is 32.1. The third-order valence-corrected chi connectivity index (χ3v) is 2.95. The molecule has 96 valence electrons. The fourth-order valence-corrected chi connectivity index (χ4v) is 1.90. The molecule has 0 saturated carbocycles. The molecule has 1 aromatic heterocycles. The van der Waals surface area contributed by atoms with Gasteiger partial charge in [-0.15, -0.1) is 5.10 Å². The van der Waals surface area contributed by atoms with Crippen LogP contribution in [0, 0.1) is 0 Å². The van der Waals surface area contributed by atoms with E-state index in [1.54, 1.807) is 0 Å². The van der Waals surface area contributed by atoms with Crippen LogP contribution in [-0.2, 0) is 6.54 Å². The maximum Gasteiger partial charge on any atom is 0.299 e. The molecule has 0 bridgehead atoms. The fourth-order valence-electron chi connectivity index (χ4n) is 1.32. The van der Waals surface area contributed by atoms with Gasteiger partial charge in [-0.1, -0.05) is 35.5 Å². The van der Waals surface area contributed by atoms with Crippen LogP contribution in [0.1, 0.15) is 18.4 Å². The molecule has 2 N–H and O–H groups in total. The Kier molecular flexibility index (Phi) is 4.49. The maximum absolute atomic E-state index is 5.65. The number of ether oxygens (including phenoxy) is 2. The Bertz CT molecular complexity index is 502. The predicted octanol–water partition coefficient (Wildman–Crippen LogP) is 2.58. The highest BCUT2D eigenvalue weighted by Crippen LogP contribution is 2.32. The van der Waals surface area contributed by atoms with Crippen molar-refractivity contribution in [1.29, 1.82) is 0 Å². The number of aromatic nitrogens is 2. The largest absolute Gasteiger partial charge is 0.490 e. The van der Waals surface area contributed by atoms with Crippen LogP contribution in [0.3, 0.4) is 0 Å². The van der Waals surface area contributed by atoms with E-state index < -0.39 is 0 Å². The Labute approximate surface area is 110 Å². The molecule has 5 nitrogen and oxygen atoms in total. The number of hydrogen-bond donors (Lipinski definition) is 1. The monoisotopic (exact) mass is 265 g/mol. The van der Waals surface area contributed by atoms with Gasteiger partial charge in [0.05, 0.1) is 6.61 Å². The molecule has 18 heavy (non-hydrogen) atoms. The van der Waals surface area contributed by atoms with Crippen LogP contribution < -0.4 is 15.2 Å². The van der Waals surface area contributed by atoms with Crippen molar-refractivity contribution in [2.24, 2.45) is 5.73 Å². The highest BCUT2D eigenvalue weighted by molar-refractivity contribution is 7.13. The first-order valence-corrected chi connectivity index (χ1v) is 6.57. The number of nitrogens with zero attached hydrogens (tertiary/aromatic N) is 2. The van der Waals surface area contributed by atoms with E-state index in [0.29, 0.717) is 29.8 Å². The molecule has 0 spiro atoms. The number of para-hydroxylation sites is 2. The number of hydrogen-bond acceptors (Lipinski definition) is 6. The second-order valence-corrected chi connectivity index (χ2v) is 4.59. The van der Waals surface area contributed by atoms with E-state index in [-0.39, 0.29) is 0 Å². The van der Waals surface area contributed by atoms with Gasteiger partial charge in [0.15, 0.2) is 11.5 Å². The van der Waals surface area contributed by atoms with E-state index in [9.17, 15) is 0 Å². The maximum atomic E-state index is 5.65. The van der Waals surface area contributed by atoms with Crippen molar-refractivity contribution in [3.8, 4) is 16.7 Å². The Morgan fingerprint density at radius 1 is 1.22 bits per heavy atom. The minimum Gasteiger partial charge on any atom is -0.490 e. The fraction of sp³-hybridized carbons (Fsp3) is 0.333.